The van der Waals surface area contributed by atoms with Crippen molar-refractivity contribution in [2.75, 3.05) is 13.7 Å². The molecule has 154 valence electrons. The second kappa shape index (κ2) is 9.01. The zero-order valence-corrected chi connectivity index (χ0v) is 17.2. The zero-order chi connectivity index (χ0) is 20.9. The molecule has 1 aliphatic heterocycles. The van der Waals surface area contributed by atoms with Crippen LogP contribution in [-0.2, 0) is 0 Å². The molecule has 0 saturated carbocycles. The zero-order valence-electron chi connectivity index (χ0n) is 17.2. The van der Waals surface area contributed by atoms with Crippen molar-refractivity contribution in [1.82, 2.24) is 5.32 Å². The summed E-state index contributed by atoms with van der Waals surface area (Å²) in [5.41, 5.74) is 3.83. The van der Waals surface area contributed by atoms with Gasteiger partial charge in [-0.15, -0.1) is 0 Å². The Labute approximate surface area is 177 Å². The average Bonchev–Trinajstić information content (AvgIpc) is 2.80. The summed E-state index contributed by atoms with van der Waals surface area (Å²) in [7, 11) is 1.67. The van der Waals surface area contributed by atoms with Gasteiger partial charge in [-0.2, -0.15) is 0 Å². The second-order valence-corrected chi connectivity index (χ2v) is 7.16. The summed E-state index contributed by atoms with van der Waals surface area (Å²) in [6.45, 7) is 2.61. The average molecular weight is 402 g/mol. The Morgan fingerprint density at radius 2 is 1.67 bits per heavy atom. The lowest BCUT2D eigenvalue weighted by Crippen LogP contribution is -2.33. The first kappa shape index (κ1) is 20.0. The molecule has 5 nitrogen and oxygen atoms in total. The molecule has 5 heteroatoms. The first-order valence-electron chi connectivity index (χ1n) is 10.2. The third-order valence-electron chi connectivity index (χ3n) is 5.29. The minimum absolute atomic E-state index is 0.0832. The molecule has 0 amide bonds. The predicted octanol–water partition coefficient (Wildman–Crippen LogP) is 5.02. The molecule has 3 aromatic rings. The molecule has 0 saturated heterocycles. The van der Waals surface area contributed by atoms with E-state index in [1.165, 1.54) is 0 Å². The number of phenols is 1. The highest BCUT2D eigenvalue weighted by molar-refractivity contribution is 6.01. The molecule has 0 radical (unpaired) electrons. The normalized spacial score (nSPS) is 18.5. The summed E-state index contributed by atoms with van der Waals surface area (Å²) < 4.78 is 11.1. The van der Waals surface area contributed by atoms with Crippen molar-refractivity contribution >= 4 is 5.71 Å². The maximum absolute atomic E-state index is 10.5. The summed E-state index contributed by atoms with van der Waals surface area (Å²) in [5, 5.41) is 14.0. The van der Waals surface area contributed by atoms with Gasteiger partial charge in [0.25, 0.3) is 0 Å². The predicted molar refractivity (Wildman–Crippen MR) is 118 cm³/mol. The van der Waals surface area contributed by atoms with E-state index in [1.807, 2.05) is 73.7 Å². The van der Waals surface area contributed by atoms with Crippen molar-refractivity contribution < 1.29 is 14.6 Å². The van der Waals surface area contributed by atoms with Crippen LogP contribution in [0.1, 0.15) is 42.2 Å². The number of aromatic hydroxyl groups is 1. The van der Waals surface area contributed by atoms with Crippen LogP contribution in [0.2, 0.25) is 0 Å². The largest absolute Gasteiger partial charge is 0.508 e. The molecule has 0 aliphatic carbocycles. The molecule has 0 bridgehead atoms. The molecular weight excluding hydrogens is 376 g/mol. The number of rotatable bonds is 6. The third kappa shape index (κ3) is 4.16. The molecule has 0 aromatic heterocycles. The molecule has 1 aliphatic rings. The van der Waals surface area contributed by atoms with Crippen LogP contribution in [0.25, 0.3) is 0 Å². The Balaban J connectivity index is 1.74. The highest BCUT2D eigenvalue weighted by atomic mass is 16.5. The first-order valence-corrected chi connectivity index (χ1v) is 10.2. The van der Waals surface area contributed by atoms with Gasteiger partial charge in [0, 0.05) is 29.3 Å². The van der Waals surface area contributed by atoms with Gasteiger partial charge in [0.1, 0.15) is 23.4 Å². The summed E-state index contributed by atoms with van der Waals surface area (Å²) in [4.78, 5) is 5.02. The van der Waals surface area contributed by atoms with Gasteiger partial charge in [-0.05, 0) is 48.9 Å². The van der Waals surface area contributed by atoms with Gasteiger partial charge in [-0.3, -0.25) is 10.3 Å². The SMILES string of the molecule is CCOc1ccc(C2=N[C@@H](c3ccccc3OC)N[C@@H](c3ccccc3O)C2)cc1. The van der Waals surface area contributed by atoms with Crippen LogP contribution >= 0.6 is 0 Å². The lowest BCUT2D eigenvalue weighted by Gasteiger charge is -2.31. The Hall–Kier alpha value is -3.31. The lowest BCUT2D eigenvalue weighted by atomic mass is 9.93. The van der Waals surface area contributed by atoms with Gasteiger partial charge in [0.15, 0.2) is 0 Å². The quantitative estimate of drug-likeness (QED) is 0.608. The number of methoxy groups -OCH3 is 1. The van der Waals surface area contributed by atoms with Crippen molar-refractivity contribution in [2.24, 2.45) is 4.99 Å². The summed E-state index contributed by atoms with van der Waals surface area (Å²) in [5.74, 6) is 1.90. The van der Waals surface area contributed by atoms with E-state index in [2.05, 4.69) is 5.32 Å². The summed E-state index contributed by atoms with van der Waals surface area (Å²) in [6.07, 6.45) is 0.373. The van der Waals surface area contributed by atoms with Crippen molar-refractivity contribution in [3.63, 3.8) is 0 Å². The first-order chi connectivity index (χ1) is 14.7. The summed E-state index contributed by atoms with van der Waals surface area (Å²) >= 11 is 0. The van der Waals surface area contributed by atoms with Gasteiger partial charge < -0.3 is 14.6 Å². The Morgan fingerprint density at radius 1 is 0.967 bits per heavy atom. The van der Waals surface area contributed by atoms with Crippen molar-refractivity contribution in [3.8, 4) is 17.2 Å². The number of benzene rings is 3. The minimum Gasteiger partial charge on any atom is -0.508 e. The fourth-order valence-corrected chi connectivity index (χ4v) is 3.82. The lowest BCUT2D eigenvalue weighted by molar-refractivity contribution is 0.340. The number of ether oxygens (including phenoxy) is 2. The van der Waals surface area contributed by atoms with Gasteiger partial charge in [-0.1, -0.05) is 36.4 Å². The number of hydrogen-bond donors (Lipinski definition) is 2. The Morgan fingerprint density at radius 3 is 2.37 bits per heavy atom. The number of phenolic OH excluding ortho intramolecular Hbond substituents is 1. The van der Waals surface area contributed by atoms with Crippen LogP contribution in [0.3, 0.4) is 0 Å². The maximum atomic E-state index is 10.5. The number of para-hydroxylation sites is 2. The van der Waals surface area contributed by atoms with Gasteiger partial charge >= 0.3 is 0 Å². The molecule has 4 rings (SSSR count). The second-order valence-electron chi connectivity index (χ2n) is 7.16. The topological polar surface area (TPSA) is 63.1 Å². The number of nitrogens with zero attached hydrogens (tertiary/aromatic N) is 1. The van der Waals surface area contributed by atoms with Gasteiger partial charge in [-0.25, -0.2) is 0 Å². The van der Waals surface area contributed by atoms with Crippen molar-refractivity contribution in [1.29, 1.82) is 0 Å². The van der Waals surface area contributed by atoms with Crippen molar-refractivity contribution in [3.05, 3.63) is 89.5 Å². The number of hydrogen-bond acceptors (Lipinski definition) is 5. The minimum atomic E-state index is -0.291. The highest BCUT2D eigenvalue weighted by Crippen LogP contribution is 2.36. The number of nitrogens with one attached hydrogen (secondary N) is 1. The number of aliphatic imine (C=N–C) groups is 1. The van der Waals surface area contributed by atoms with E-state index >= 15 is 0 Å². The fourth-order valence-electron chi connectivity index (χ4n) is 3.82. The van der Waals surface area contributed by atoms with E-state index in [9.17, 15) is 5.11 Å². The van der Waals surface area contributed by atoms with Gasteiger partial charge in [0.2, 0.25) is 0 Å². The van der Waals surface area contributed by atoms with E-state index < -0.39 is 0 Å². The van der Waals surface area contributed by atoms with E-state index in [-0.39, 0.29) is 18.0 Å². The van der Waals surface area contributed by atoms with E-state index in [4.69, 9.17) is 14.5 Å². The van der Waals surface area contributed by atoms with E-state index in [0.29, 0.717) is 13.0 Å². The van der Waals surface area contributed by atoms with Crippen LogP contribution in [0.15, 0.2) is 77.8 Å². The molecule has 3 aromatic carbocycles. The third-order valence-corrected chi connectivity index (χ3v) is 5.29. The molecule has 0 fully saturated rings. The molecule has 0 spiro atoms. The molecular formula is C25H26N2O3. The van der Waals surface area contributed by atoms with Crippen LogP contribution < -0.4 is 14.8 Å². The Kier molecular flexibility index (Phi) is 6.00. The molecule has 30 heavy (non-hydrogen) atoms. The molecule has 1 heterocycles. The molecule has 2 atom stereocenters. The maximum Gasteiger partial charge on any atom is 0.129 e. The standard InChI is InChI=1S/C25H26N2O3/c1-3-30-18-14-12-17(13-15-18)21-16-22(19-8-4-6-10-23(19)28)27-25(26-21)20-9-5-7-11-24(20)29-2/h4-15,22,25,27-28H,3,16H2,1-2H3/t22-,25-/m1/s1. The monoisotopic (exact) mass is 402 g/mol. The van der Waals surface area contributed by atoms with Crippen LogP contribution in [0.4, 0.5) is 0 Å². The van der Waals surface area contributed by atoms with Gasteiger partial charge in [0.05, 0.1) is 13.7 Å². The Bertz CT molecular complexity index is 1030. The summed E-state index contributed by atoms with van der Waals surface area (Å²) in [6, 6.07) is 23.3. The van der Waals surface area contributed by atoms with E-state index in [0.717, 1.165) is 33.9 Å². The molecule has 0 unspecified atom stereocenters. The van der Waals surface area contributed by atoms with Crippen LogP contribution in [0, 0.1) is 0 Å². The highest BCUT2D eigenvalue weighted by Gasteiger charge is 2.28. The van der Waals surface area contributed by atoms with Crippen LogP contribution in [0.5, 0.6) is 17.2 Å². The smallest absolute Gasteiger partial charge is 0.129 e. The van der Waals surface area contributed by atoms with Crippen LogP contribution in [-0.4, -0.2) is 24.5 Å². The van der Waals surface area contributed by atoms with Crippen molar-refractivity contribution in [2.45, 2.75) is 25.6 Å². The van der Waals surface area contributed by atoms with E-state index in [1.54, 1.807) is 13.2 Å². The molecule has 2 N–H and O–H groups in total. The fraction of sp³-hybridized carbons (Fsp3) is 0.240.